The summed E-state index contributed by atoms with van der Waals surface area (Å²) in [5, 5.41) is 0. The maximum atomic E-state index is 12.1. The molecule has 2 aromatic rings. The standard InChI is InChI=1S/C18H29N3O2SSi/c1-18(2,3)24(22)20-12-15-7-8-16-17(11-15)21(13-19-16)14-23-9-10-25(4,5)6/h7-8,11-13H,9-10,14H2,1-6H3/b20-12+/t24-/m0/s1. The van der Waals surface area contributed by atoms with Gasteiger partial charge in [-0.2, -0.15) is 0 Å². The number of hydrogen-bond acceptors (Lipinski definition) is 4. The van der Waals surface area contributed by atoms with Crippen LogP contribution in [0.5, 0.6) is 0 Å². The SMILES string of the molecule is CC(C)(C)[S@+]([O-])/N=C/c1ccc2ncn(COCC[Si](C)(C)C)c2c1. The van der Waals surface area contributed by atoms with Crippen molar-refractivity contribution in [2.24, 2.45) is 4.40 Å². The number of benzene rings is 1. The van der Waals surface area contributed by atoms with Gasteiger partial charge >= 0.3 is 0 Å². The Kier molecular flexibility index (Phi) is 6.48. The van der Waals surface area contributed by atoms with Gasteiger partial charge in [-0.15, -0.1) is 0 Å². The summed E-state index contributed by atoms with van der Waals surface area (Å²) in [5.74, 6) is 0. The Bertz CT molecular complexity index is 732. The molecule has 1 aromatic heterocycles. The Morgan fingerprint density at radius 3 is 2.68 bits per heavy atom. The summed E-state index contributed by atoms with van der Waals surface area (Å²) in [6, 6.07) is 7.05. The molecule has 0 N–H and O–H groups in total. The largest absolute Gasteiger partial charge is 0.591 e. The number of aromatic nitrogens is 2. The Hall–Kier alpha value is -1.15. The van der Waals surface area contributed by atoms with E-state index in [2.05, 4.69) is 29.0 Å². The fourth-order valence-electron chi connectivity index (χ4n) is 2.07. The van der Waals surface area contributed by atoms with Crippen molar-refractivity contribution >= 4 is 36.7 Å². The Balaban J connectivity index is 2.07. The molecule has 0 fully saturated rings. The number of nitrogens with zero attached hydrogens (tertiary/aromatic N) is 3. The normalized spacial score (nSPS) is 14.5. The van der Waals surface area contributed by atoms with Crippen molar-refractivity contribution < 1.29 is 9.29 Å². The van der Waals surface area contributed by atoms with Crippen LogP contribution < -0.4 is 0 Å². The van der Waals surface area contributed by atoms with Gasteiger partial charge in [0.1, 0.15) is 22.8 Å². The minimum Gasteiger partial charge on any atom is -0.591 e. The highest BCUT2D eigenvalue weighted by Gasteiger charge is 2.25. The lowest BCUT2D eigenvalue weighted by molar-refractivity contribution is 0.0898. The first-order valence-electron chi connectivity index (χ1n) is 8.55. The van der Waals surface area contributed by atoms with Crippen LogP contribution in [0.15, 0.2) is 28.9 Å². The predicted molar refractivity (Wildman–Crippen MR) is 109 cm³/mol. The molecule has 1 atom stereocenters. The van der Waals surface area contributed by atoms with Crippen molar-refractivity contribution in [1.82, 2.24) is 9.55 Å². The molecular weight excluding hydrogens is 350 g/mol. The fourth-order valence-corrected chi connectivity index (χ4v) is 3.36. The fraction of sp³-hybridized carbons (Fsp3) is 0.556. The van der Waals surface area contributed by atoms with Gasteiger partial charge in [-0.1, -0.05) is 30.1 Å². The van der Waals surface area contributed by atoms with Gasteiger partial charge < -0.3 is 13.9 Å². The molecule has 0 radical (unpaired) electrons. The third-order valence-electron chi connectivity index (χ3n) is 3.69. The number of rotatable bonds is 7. The maximum Gasteiger partial charge on any atom is 0.144 e. The molecule has 0 aliphatic heterocycles. The van der Waals surface area contributed by atoms with Crippen LogP contribution in [-0.2, 0) is 22.8 Å². The molecule has 7 heteroatoms. The second-order valence-electron chi connectivity index (χ2n) is 8.41. The van der Waals surface area contributed by atoms with Gasteiger partial charge in [0.15, 0.2) is 0 Å². The summed E-state index contributed by atoms with van der Waals surface area (Å²) in [6.07, 6.45) is 3.47. The molecule has 0 spiro atoms. The number of hydrogen-bond donors (Lipinski definition) is 0. The topological polar surface area (TPSA) is 62.5 Å². The van der Waals surface area contributed by atoms with Crippen molar-refractivity contribution in [3.63, 3.8) is 0 Å². The zero-order valence-corrected chi connectivity index (χ0v) is 17.9. The van der Waals surface area contributed by atoms with E-state index in [4.69, 9.17) is 4.74 Å². The molecule has 138 valence electrons. The van der Waals surface area contributed by atoms with Crippen molar-refractivity contribution in [2.45, 2.75) is 57.9 Å². The molecule has 1 aromatic carbocycles. The summed E-state index contributed by atoms with van der Waals surface area (Å²) in [7, 11) is -1.08. The van der Waals surface area contributed by atoms with Gasteiger partial charge in [-0.05, 0) is 44.5 Å². The van der Waals surface area contributed by atoms with Crippen molar-refractivity contribution in [1.29, 1.82) is 0 Å². The van der Waals surface area contributed by atoms with Crippen LogP contribution >= 0.6 is 0 Å². The number of fused-ring (bicyclic) bond motifs is 1. The Morgan fingerprint density at radius 2 is 2.04 bits per heavy atom. The van der Waals surface area contributed by atoms with E-state index < -0.39 is 19.4 Å². The molecule has 5 nitrogen and oxygen atoms in total. The van der Waals surface area contributed by atoms with Gasteiger partial charge in [0.25, 0.3) is 0 Å². The lowest BCUT2D eigenvalue weighted by atomic mass is 10.2. The molecule has 1 heterocycles. The Morgan fingerprint density at radius 1 is 1.32 bits per heavy atom. The van der Waals surface area contributed by atoms with E-state index in [0.29, 0.717) is 6.73 Å². The summed E-state index contributed by atoms with van der Waals surface area (Å²) in [6.45, 7) is 14.0. The van der Waals surface area contributed by atoms with Gasteiger partial charge in [0, 0.05) is 14.7 Å². The molecule has 0 bridgehead atoms. The molecule has 0 aliphatic rings. The first-order chi connectivity index (χ1) is 11.6. The summed E-state index contributed by atoms with van der Waals surface area (Å²) < 4.78 is 23.7. The summed E-state index contributed by atoms with van der Waals surface area (Å²) in [5.41, 5.74) is 2.83. The zero-order valence-electron chi connectivity index (χ0n) is 16.1. The zero-order chi connectivity index (χ0) is 18.7. The van der Waals surface area contributed by atoms with Crippen molar-refractivity contribution in [3.8, 4) is 0 Å². The van der Waals surface area contributed by atoms with Crippen LogP contribution in [0.3, 0.4) is 0 Å². The predicted octanol–water partition coefficient (Wildman–Crippen LogP) is 4.23. The van der Waals surface area contributed by atoms with Crippen molar-refractivity contribution in [2.75, 3.05) is 6.61 Å². The molecular formula is C18H29N3O2SSi. The van der Waals surface area contributed by atoms with Crippen LogP contribution in [-0.4, -0.2) is 39.7 Å². The third kappa shape index (κ3) is 6.25. The van der Waals surface area contributed by atoms with E-state index in [0.717, 1.165) is 29.2 Å². The van der Waals surface area contributed by atoms with E-state index in [1.807, 2.05) is 43.5 Å². The second kappa shape index (κ2) is 8.03. The van der Waals surface area contributed by atoms with E-state index in [9.17, 15) is 4.55 Å². The molecule has 2 rings (SSSR count). The van der Waals surface area contributed by atoms with E-state index in [1.165, 1.54) is 0 Å². The van der Waals surface area contributed by atoms with E-state index in [-0.39, 0.29) is 4.75 Å². The average Bonchev–Trinajstić information content (AvgIpc) is 2.89. The Labute approximate surface area is 154 Å². The lowest BCUT2D eigenvalue weighted by Gasteiger charge is -2.17. The highest BCUT2D eigenvalue weighted by molar-refractivity contribution is 7.91. The number of imidazole rings is 1. The van der Waals surface area contributed by atoms with Gasteiger partial charge in [-0.25, -0.2) is 4.98 Å². The van der Waals surface area contributed by atoms with Gasteiger partial charge in [0.2, 0.25) is 0 Å². The van der Waals surface area contributed by atoms with E-state index >= 15 is 0 Å². The summed E-state index contributed by atoms with van der Waals surface area (Å²) >= 11 is -1.26. The first-order valence-corrected chi connectivity index (χ1v) is 13.4. The van der Waals surface area contributed by atoms with Crippen LogP contribution in [0, 0.1) is 0 Å². The second-order valence-corrected chi connectivity index (χ2v) is 16.0. The molecule has 25 heavy (non-hydrogen) atoms. The average molecular weight is 380 g/mol. The van der Waals surface area contributed by atoms with Crippen LogP contribution in [0.2, 0.25) is 25.7 Å². The summed E-state index contributed by atoms with van der Waals surface area (Å²) in [4.78, 5) is 4.41. The highest BCUT2D eigenvalue weighted by atomic mass is 32.2. The van der Waals surface area contributed by atoms with Crippen LogP contribution in [0.25, 0.3) is 11.0 Å². The van der Waals surface area contributed by atoms with Gasteiger partial charge in [-0.3, -0.25) is 0 Å². The smallest absolute Gasteiger partial charge is 0.144 e. The molecule has 0 saturated heterocycles. The molecule has 0 amide bonds. The quantitative estimate of drug-likeness (QED) is 0.313. The lowest BCUT2D eigenvalue weighted by Crippen LogP contribution is -2.25. The first kappa shape index (κ1) is 20.2. The van der Waals surface area contributed by atoms with Crippen LogP contribution in [0.4, 0.5) is 0 Å². The van der Waals surface area contributed by atoms with Crippen LogP contribution in [0.1, 0.15) is 26.3 Å². The minimum absolute atomic E-state index is 0.355. The molecule has 0 saturated carbocycles. The molecule has 0 unspecified atom stereocenters. The third-order valence-corrected chi connectivity index (χ3v) is 6.74. The van der Waals surface area contributed by atoms with Crippen molar-refractivity contribution in [3.05, 3.63) is 30.1 Å². The number of ether oxygens (including phenoxy) is 1. The minimum atomic E-state index is -1.26. The van der Waals surface area contributed by atoms with Gasteiger partial charge in [0.05, 0.1) is 23.6 Å². The highest BCUT2D eigenvalue weighted by Crippen LogP contribution is 2.18. The maximum absolute atomic E-state index is 12.1. The molecule has 0 aliphatic carbocycles. The monoisotopic (exact) mass is 379 g/mol. The van der Waals surface area contributed by atoms with E-state index in [1.54, 1.807) is 12.5 Å².